The van der Waals surface area contributed by atoms with E-state index in [2.05, 4.69) is 6.92 Å². The average molecular weight is 344 g/mol. The second kappa shape index (κ2) is 9.06. The summed E-state index contributed by atoms with van der Waals surface area (Å²) >= 11 is 0. The maximum absolute atomic E-state index is 12.2. The van der Waals surface area contributed by atoms with E-state index in [0.29, 0.717) is 24.3 Å². The predicted molar refractivity (Wildman–Crippen MR) is 94.7 cm³/mol. The third kappa shape index (κ3) is 4.50. The fourth-order valence-corrected chi connectivity index (χ4v) is 2.58. The number of carbonyl (C=O) groups excluding carboxylic acids is 2. The van der Waals surface area contributed by atoms with E-state index in [9.17, 15) is 9.59 Å². The van der Waals surface area contributed by atoms with E-state index in [1.54, 1.807) is 38.1 Å². The van der Waals surface area contributed by atoms with Crippen molar-refractivity contribution in [3.8, 4) is 11.1 Å². The Balaban J connectivity index is 2.39. The molecule has 1 aromatic heterocycles. The van der Waals surface area contributed by atoms with E-state index in [1.807, 2.05) is 0 Å². The molecule has 0 bridgehead atoms. The Bertz CT molecular complexity index is 712. The molecular weight excluding hydrogens is 320 g/mol. The summed E-state index contributed by atoms with van der Waals surface area (Å²) in [5.41, 5.74) is 2.44. The monoisotopic (exact) mass is 344 g/mol. The molecule has 0 aliphatic heterocycles. The quantitative estimate of drug-likeness (QED) is 0.653. The summed E-state index contributed by atoms with van der Waals surface area (Å²) in [6.07, 6.45) is 4.18. The summed E-state index contributed by atoms with van der Waals surface area (Å²) in [7, 11) is 0. The molecule has 0 spiro atoms. The van der Waals surface area contributed by atoms with Gasteiger partial charge < -0.3 is 13.9 Å². The number of ether oxygens (including phenoxy) is 2. The smallest absolute Gasteiger partial charge is 0.342 e. The van der Waals surface area contributed by atoms with Gasteiger partial charge in [-0.3, -0.25) is 0 Å². The number of esters is 2. The van der Waals surface area contributed by atoms with Crippen LogP contribution in [0.2, 0.25) is 0 Å². The number of aryl methyl sites for hydroxylation is 1. The summed E-state index contributed by atoms with van der Waals surface area (Å²) in [5, 5.41) is 0. The van der Waals surface area contributed by atoms with Crippen LogP contribution in [-0.2, 0) is 15.9 Å². The molecule has 0 fully saturated rings. The molecule has 2 rings (SSSR count). The van der Waals surface area contributed by atoms with Gasteiger partial charge in [0.1, 0.15) is 17.6 Å². The third-order valence-electron chi connectivity index (χ3n) is 3.80. The van der Waals surface area contributed by atoms with Crippen molar-refractivity contribution in [2.75, 3.05) is 13.2 Å². The van der Waals surface area contributed by atoms with E-state index in [0.717, 1.165) is 36.1 Å². The molecule has 5 heteroatoms. The minimum absolute atomic E-state index is 0.301. The summed E-state index contributed by atoms with van der Waals surface area (Å²) in [5.74, 6) is -0.00896. The van der Waals surface area contributed by atoms with E-state index in [-0.39, 0.29) is 5.97 Å². The molecule has 0 unspecified atom stereocenters. The number of carbonyl (C=O) groups is 2. The molecule has 134 valence electrons. The first-order chi connectivity index (χ1) is 12.1. The van der Waals surface area contributed by atoms with Crippen molar-refractivity contribution < 1.29 is 23.5 Å². The molecule has 0 N–H and O–H groups in total. The van der Waals surface area contributed by atoms with Crippen LogP contribution in [0.25, 0.3) is 11.1 Å². The van der Waals surface area contributed by atoms with E-state index < -0.39 is 5.97 Å². The highest BCUT2D eigenvalue weighted by Gasteiger charge is 2.22. The standard InChI is InChI=1S/C20H24O5/c1-4-7-8-17-18(16(13-25-17)20(22)24-6-3)14-9-11-15(12-10-14)19(21)23-5-2/h9-13H,4-8H2,1-3H3. The van der Waals surface area contributed by atoms with Crippen molar-refractivity contribution >= 4 is 11.9 Å². The number of furan rings is 1. The van der Waals surface area contributed by atoms with Crippen molar-refractivity contribution in [2.45, 2.75) is 40.0 Å². The van der Waals surface area contributed by atoms with Crippen LogP contribution in [0.15, 0.2) is 34.9 Å². The van der Waals surface area contributed by atoms with E-state index >= 15 is 0 Å². The van der Waals surface area contributed by atoms with Crippen molar-refractivity contribution in [1.82, 2.24) is 0 Å². The maximum Gasteiger partial charge on any atom is 0.342 e. The number of benzene rings is 1. The lowest BCUT2D eigenvalue weighted by atomic mass is 9.98. The number of hydrogen-bond donors (Lipinski definition) is 0. The Hall–Kier alpha value is -2.56. The predicted octanol–water partition coefficient (Wildman–Crippen LogP) is 4.64. The van der Waals surface area contributed by atoms with Crippen LogP contribution >= 0.6 is 0 Å². The fourth-order valence-electron chi connectivity index (χ4n) is 2.58. The van der Waals surface area contributed by atoms with Gasteiger partial charge in [-0.1, -0.05) is 25.5 Å². The highest BCUT2D eigenvalue weighted by molar-refractivity contribution is 5.98. The zero-order valence-corrected chi connectivity index (χ0v) is 15.0. The van der Waals surface area contributed by atoms with Gasteiger partial charge in [0.2, 0.25) is 0 Å². The van der Waals surface area contributed by atoms with Crippen LogP contribution in [0.1, 0.15) is 60.1 Å². The molecule has 0 atom stereocenters. The van der Waals surface area contributed by atoms with Gasteiger partial charge in [0, 0.05) is 12.0 Å². The second-order valence-corrected chi connectivity index (χ2v) is 5.57. The van der Waals surface area contributed by atoms with Gasteiger partial charge in [-0.2, -0.15) is 0 Å². The Morgan fingerprint density at radius 3 is 2.20 bits per heavy atom. The minimum Gasteiger partial charge on any atom is -0.468 e. The van der Waals surface area contributed by atoms with Gasteiger partial charge in [0.05, 0.1) is 18.8 Å². The summed E-state index contributed by atoms with van der Waals surface area (Å²) in [6, 6.07) is 6.99. The lowest BCUT2D eigenvalue weighted by Crippen LogP contribution is -2.06. The van der Waals surface area contributed by atoms with Gasteiger partial charge >= 0.3 is 11.9 Å². The first kappa shape index (κ1) is 18.8. The normalized spacial score (nSPS) is 10.5. The number of unbranched alkanes of at least 4 members (excludes halogenated alkanes) is 1. The Morgan fingerprint density at radius 2 is 1.60 bits per heavy atom. The van der Waals surface area contributed by atoms with Crippen LogP contribution in [0.4, 0.5) is 0 Å². The molecule has 25 heavy (non-hydrogen) atoms. The summed E-state index contributed by atoms with van der Waals surface area (Å²) in [4.78, 5) is 24.0. The molecule has 0 saturated carbocycles. The SMILES string of the molecule is CCCCc1occ(C(=O)OCC)c1-c1ccc(C(=O)OCC)cc1. The van der Waals surface area contributed by atoms with Crippen LogP contribution in [0.3, 0.4) is 0 Å². The van der Waals surface area contributed by atoms with Crippen molar-refractivity contribution in [2.24, 2.45) is 0 Å². The van der Waals surface area contributed by atoms with Gasteiger partial charge in [0.15, 0.2) is 0 Å². The molecule has 0 amide bonds. The molecule has 0 radical (unpaired) electrons. The lowest BCUT2D eigenvalue weighted by Gasteiger charge is -2.07. The molecule has 1 aromatic carbocycles. The highest BCUT2D eigenvalue weighted by atomic mass is 16.5. The zero-order chi connectivity index (χ0) is 18.2. The zero-order valence-electron chi connectivity index (χ0n) is 15.0. The van der Waals surface area contributed by atoms with Gasteiger partial charge in [-0.15, -0.1) is 0 Å². The second-order valence-electron chi connectivity index (χ2n) is 5.57. The molecule has 0 aliphatic carbocycles. The van der Waals surface area contributed by atoms with Gasteiger partial charge in [0.25, 0.3) is 0 Å². The highest BCUT2D eigenvalue weighted by Crippen LogP contribution is 2.31. The molecular formula is C20H24O5. The molecule has 2 aromatic rings. The first-order valence-electron chi connectivity index (χ1n) is 8.67. The summed E-state index contributed by atoms with van der Waals surface area (Å²) < 4.78 is 15.8. The van der Waals surface area contributed by atoms with Crippen molar-refractivity contribution in [3.63, 3.8) is 0 Å². The van der Waals surface area contributed by atoms with E-state index in [1.165, 1.54) is 6.26 Å². The Labute approximate surface area is 147 Å². The van der Waals surface area contributed by atoms with E-state index in [4.69, 9.17) is 13.9 Å². The van der Waals surface area contributed by atoms with Crippen LogP contribution in [0.5, 0.6) is 0 Å². The summed E-state index contributed by atoms with van der Waals surface area (Å²) in [6.45, 7) is 6.27. The maximum atomic E-state index is 12.2. The molecule has 5 nitrogen and oxygen atoms in total. The lowest BCUT2D eigenvalue weighted by molar-refractivity contribution is 0.0516. The largest absolute Gasteiger partial charge is 0.468 e. The molecule has 0 aliphatic rings. The number of hydrogen-bond acceptors (Lipinski definition) is 5. The number of rotatable bonds is 8. The molecule has 1 heterocycles. The minimum atomic E-state index is -0.404. The Morgan fingerprint density at radius 1 is 0.960 bits per heavy atom. The average Bonchev–Trinajstić information content (AvgIpc) is 3.04. The van der Waals surface area contributed by atoms with Crippen molar-refractivity contribution in [1.29, 1.82) is 0 Å². The van der Waals surface area contributed by atoms with Crippen LogP contribution in [-0.4, -0.2) is 25.2 Å². The Kier molecular flexibility index (Phi) is 6.81. The van der Waals surface area contributed by atoms with Crippen LogP contribution in [0, 0.1) is 0 Å². The van der Waals surface area contributed by atoms with Crippen molar-refractivity contribution in [3.05, 3.63) is 47.4 Å². The third-order valence-corrected chi connectivity index (χ3v) is 3.80. The van der Waals surface area contributed by atoms with Gasteiger partial charge in [-0.25, -0.2) is 9.59 Å². The van der Waals surface area contributed by atoms with Crippen LogP contribution < -0.4 is 0 Å². The topological polar surface area (TPSA) is 65.7 Å². The fraction of sp³-hybridized carbons (Fsp3) is 0.400. The van der Waals surface area contributed by atoms with Gasteiger partial charge in [-0.05, 0) is 38.0 Å². The molecule has 0 saturated heterocycles. The first-order valence-corrected chi connectivity index (χ1v) is 8.67.